The lowest BCUT2D eigenvalue weighted by Gasteiger charge is -2.30. The first-order valence-corrected chi connectivity index (χ1v) is 8.67. The number of carbonyl (C=O) groups excluding carboxylic acids is 2. The summed E-state index contributed by atoms with van der Waals surface area (Å²) in [6, 6.07) is 16.0. The molecule has 7 heteroatoms. The lowest BCUT2D eigenvalue weighted by Crippen LogP contribution is -2.36. The number of carbonyl (C=O) groups is 2. The van der Waals surface area contributed by atoms with Crippen molar-refractivity contribution in [2.75, 3.05) is 41.8 Å². The van der Waals surface area contributed by atoms with E-state index in [9.17, 15) is 9.59 Å². The average Bonchev–Trinajstić information content (AvgIpc) is 2.69. The molecule has 27 heavy (non-hydrogen) atoms. The fourth-order valence-electron chi connectivity index (χ4n) is 2.83. The molecular weight excluding hydrogens is 344 g/mol. The maximum atomic E-state index is 12.3. The molecule has 2 N–H and O–H groups in total. The molecule has 3 rings (SSSR count). The van der Waals surface area contributed by atoms with Crippen molar-refractivity contribution in [1.29, 1.82) is 5.26 Å². The molecule has 0 spiro atoms. The van der Waals surface area contributed by atoms with Gasteiger partial charge in [0.15, 0.2) is 0 Å². The highest BCUT2D eigenvalue weighted by Crippen LogP contribution is 2.26. The zero-order valence-electron chi connectivity index (χ0n) is 14.8. The van der Waals surface area contributed by atoms with Crippen molar-refractivity contribution in [2.24, 2.45) is 0 Å². The highest BCUT2D eigenvalue weighted by Gasteiger charge is 2.17. The summed E-state index contributed by atoms with van der Waals surface area (Å²) in [5.74, 6) is -0.803. The van der Waals surface area contributed by atoms with Crippen LogP contribution in [-0.4, -0.2) is 38.1 Å². The minimum Gasteiger partial charge on any atom is -0.378 e. The van der Waals surface area contributed by atoms with Gasteiger partial charge in [0.25, 0.3) is 0 Å². The van der Waals surface area contributed by atoms with Crippen molar-refractivity contribution in [1.82, 2.24) is 0 Å². The molecule has 0 aromatic heterocycles. The Morgan fingerprint density at radius 2 is 1.67 bits per heavy atom. The van der Waals surface area contributed by atoms with Crippen LogP contribution >= 0.6 is 0 Å². The predicted octanol–water partition coefficient (Wildman–Crippen LogP) is 2.36. The Kier molecular flexibility index (Phi) is 6.02. The predicted molar refractivity (Wildman–Crippen MR) is 103 cm³/mol. The summed E-state index contributed by atoms with van der Waals surface area (Å²) in [6.07, 6.45) is -0.294. The van der Waals surface area contributed by atoms with E-state index in [4.69, 9.17) is 10.00 Å². The second-order valence-corrected chi connectivity index (χ2v) is 6.08. The van der Waals surface area contributed by atoms with Gasteiger partial charge < -0.3 is 20.3 Å². The van der Waals surface area contributed by atoms with Gasteiger partial charge in [0.1, 0.15) is 6.42 Å². The molecule has 2 aromatic rings. The van der Waals surface area contributed by atoms with Crippen molar-refractivity contribution < 1.29 is 14.3 Å². The van der Waals surface area contributed by atoms with E-state index in [2.05, 4.69) is 15.5 Å². The Bertz CT molecular complexity index is 852. The number of rotatable bonds is 5. The Morgan fingerprint density at radius 1 is 1.00 bits per heavy atom. The molecule has 7 nitrogen and oxygen atoms in total. The number of nitrogens with zero attached hydrogens (tertiary/aromatic N) is 2. The monoisotopic (exact) mass is 364 g/mol. The number of nitriles is 1. The molecule has 2 aromatic carbocycles. The number of para-hydroxylation sites is 2. The fraction of sp³-hybridized carbons (Fsp3) is 0.250. The Morgan fingerprint density at radius 3 is 2.37 bits per heavy atom. The maximum absolute atomic E-state index is 12.3. The Labute approximate surface area is 157 Å². The van der Waals surface area contributed by atoms with Gasteiger partial charge in [-0.3, -0.25) is 9.59 Å². The summed E-state index contributed by atoms with van der Waals surface area (Å²) in [6.45, 7) is 2.81. The largest absolute Gasteiger partial charge is 0.378 e. The summed E-state index contributed by atoms with van der Waals surface area (Å²) >= 11 is 0. The number of hydrogen-bond donors (Lipinski definition) is 2. The van der Waals surface area contributed by atoms with E-state index in [1.54, 1.807) is 24.3 Å². The first kappa shape index (κ1) is 18.4. The number of amides is 2. The second kappa shape index (κ2) is 8.83. The van der Waals surface area contributed by atoms with E-state index in [1.807, 2.05) is 30.3 Å². The van der Waals surface area contributed by atoms with Gasteiger partial charge in [-0.1, -0.05) is 12.1 Å². The van der Waals surface area contributed by atoms with Gasteiger partial charge in [0.05, 0.1) is 36.2 Å². The normalized spacial score (nSPS) is 13.5. The highest BCUT2D eigenvalue weighted by atomic mass is 16.5. The van der Waals surface area contributed by atoms with Crippen LogP contribution in [0.3, 0.4) is 0 Å². The van der Waals surface area contributed by atoms with Gasteiger partial charge in [-0.05, 0) is 36.4 Å². The molecule has 1 saturated heterocycles. The summed E-state index contributed by atoms with van der Waals surface area (Å²) in [5.41, 5.74) is 2.64. The van der Waals surface area contributed by atoms with Gasteiger partial charge in [-0.2, -0.15) is 5.26 Å². The molecule has 0 bridgehead atoms. The topological polar surface area (TPSA) is 94.5 Å². The second-order valence-electron chi connectivity index (χ2n) is 6.08. The van der Waals surface area contributed by atoms with Crippen LogP contribution in [0.15, 0.2) is 48.5 Å². The van der Waals surface area contributed by atoms with Gasteiger partial charge in [0, 0.05) is 18.8 Å². The maximum Gasteiger partial charge on any atom is 0.233 e. The lowest BCUT2D eigenvalue weighted by molar-refractivity contribution is -0.123. The molecule has 0 atom stereocenters. The molecule has 0 saturated carbocycles. The van der Waals surface area contributed by atoms with Crippen molar-refractivity contribution in [3.05, 3.63) is 54.1 Å². The molecule has 1 fully saturated rings. The van der Waals surface area contributed by atoms with Crippen LogP contribution in [0.4, 0.5) is 17.1 Å². The molecule has 1 heterocycles. The fourth-order valence-corrected chi connectivity index (χ4v) is 2.83. The minimum absolute atomic E-state index is 0.294. The standard InChI is InChI=1S/C20H20N4O3/c21-14-15-5-7-16(8-6-15)22-19(25)13-20(26)23-17-3-1-2-4-18(17)24-9-11-27-12-10-24/h1-8H,9-13H2,(H,22,25)(H,23,26). The third-order valence-corrected chi connectivity index (χ3v) is 4.15. The Hall–Kier alpha value is -3.37. The van der Waals surface area contributed by atoms with Crippen LogP contribution in [0.1, 0.15) is 12.0 Å². The van der Waals surface area contributed by atoms with Crippen LogP contribution in [0.2, 0.25) is 0 Å². The molecule has 1 aliphatic rings. The van der Waals surface area contributed by atoms with Gasteiger partial charge >= 0.3 is 0 Å². The number of hydrogen-bond acceptors (Lipinski definition) is 5. The number of morpholine rings is 1. The van der Waals surface area contributed by atoms with Gasteiger partial charge in [-0.25, -0.2) is 0 Å². The lowest BCUT2D eigenvalue weighted by atomic mass is 10.2. The first-order valence-electron chi connectivity index (χ1n) is 8.67. The third kappa shape index (κ3) is 5.06. The van der Waals surface area contributed by atoms with Crippen LogP contribution in [-0.2, 0) is 14.3 Å². The van der Waals surface area contributed by atoms with E-state index in [0.717, 1.165) is 18.8 Å². The van der Waals surface area contributed by atoms with Crippen molar-refractivity contribution >= 4 is 28.9 Å². The molecule has 0 aliphatic carbocycles. The molecule has 0 radical (unpaired) electrons. The molecule has 138 valence electrons. The van der Waals surface area contributed by atoms with Gasteiger partial charge in [0.2, 0.25) is 11.8 Å². The van der Waals surface area contributed by atoms with E-state index in [1.165, 1.54) is 0 Å². The van der Waals surface area contributed by atoms with E-state index < -0.39 is 5.91 Å². The molecular formula is C20H20N4O3. The zero-order chi connectivity index (χ0) is 19.1. The van der Waals surface area contributed by atoms with Crippen LogP contribution in [0, 0.1) is 11.3 Å². The van der Waals surface area contributed by atoms with Crippen LogP contribution in [0.25, 0.3) is 0 Å². The van der Waals surface area contributed by atoms with Crippen molar-refractivity contribution in [3.8, 4) is 6.07 Å². The SMILES string of the molecule is N#Cc1ccc(NC(=O)CC(=O)Nc2ccccc2N2CCOCC2)cc1. The third-order valence-electron chi connectivity index (χ3n) is 4.15. The highest BCUT2D eigenvalue weighted by molar-refractivity contribution is 6.08. The van der Waals surface area contributed by atoms with Crippen LogP contribution < -0.4 is 15.5 Å². The smallest absolute Gasteiger partial charge is 0.233 e. The van der Waals surface area contributed by atoms with E-state index in [-0.39, 0.29) is 12.3 Å². The summed E-state index contributed by atoms with van der Waals surface area (Å²) in [4.78, 5) is 26.5. The zero-order valence-corrected chi connectivity index (χ0v) is 14.8. The number of benzene rings is 2. The molecule has 0 unspecified atom stereocenters. The quantitative estimate of drug-likeness (QED) is 0.794. The van der Waals surface area contributed by atoms with Gasteiger partial charge in [-0.15, -0.1) is 0 Å². The minimum atomic E-state index is -0.416. The summed E-state index contributed by atoms with van der Waals surface area (Å²) < 4.78 is 5.37. The summed E-state index contributed by atoms with van der Waals surface area (Å²) in [7, 11) is 0. The molecule has 2 amide bonds. The number of anilines is 3. The first-order chi connectivity index (χ1) is 13.2. The van der Waals surface area contributed by atoms with Crippen molar-refractivity contribution in [3.63, 3.8) is 0 Å². The average molecular weight is 364 g/mol. The Balaban J connectivity index is 1.58. The van der Waals surface area contributed by atoms with E-state index in [0.29, 0.717) is 30.2 Å². The molecule has 1 aliphatic heterocycles. The van der Waals surface area contributed by atoms with E-state index >= 15 is 0 Å². The van der Waals surface area contributed by atoms with Crippen molar-refractivity contribution in [2.45, 2.75) is 6.42 Å². The van der Waals surface area contributed by atoms with Crippen LogP contribution in [0.5, 0.6) is 0 Å². The number of nitrogens with one attached hydrogen (secondary N) is 2. The summed E-state index contributed by atoms with van der Waals surface area (Å²) in [5, 5.41) is 14.3. The number of ether oxygens (including phenoxy) is 1.